The molecule has 0 aromatic heterocycles. The van der Waals surface area contributed by atoms with Gasteiger partial charge in [0.05, 0.1) is 6.67 Å². The molecule has 0 aliphatic carbocycles. The van der Waals surface area contributed by atoms with Crippen molar-refractivity contribution in [1.82, 2.24) is 9.80 Å². The van der Waals surface area contributed by atoms with Crippen molar-refractivity contribution in [2.24, 2.45) is 0 Å². The summed E-state index contributed by atoms with van der Waals surface area (Å²) in [6.45, 7) is 10.1. The Balaban J connectivity index is 4.31. The Bertz CT molecular complexity index is 209. The van der Waals surface area contributed by atoms with E-state index in [1.165, 1.54) is 0 Å². The molecular formula is C10H18N2O. The van der Waals surface area contributed by atoms with Gasteiger partial charge in [0.2, 0.25) is 5.91 Å². The van der Waals surface area contributed by atoms with E-state index in [0.717, 1.165) is 0 Å². The summed E-state index contributed by atoms with van der Waals surface area (Å²) in [4.78, 5) is 15.1. The highest BCUT2D eigenvalue weighted by molar-refractivity contribution is 5.92. The van der Waals surface area contributed by atoms with E-state index < -0.39 is 0 Å². The predicted molar refractivity (Wildman–Crippen MR) is 55.3 cm³/mol. The second kappa shape index (κ2) is 5.54. The number of carbonyl (C=O) groups excluding carboxylic acids is 1. The van der Waals surface area contributed by atoms with Gasteiger partial charge >= 0.3 is 0 Å². The summed E-state index contributed by atoms with van der Waals surface area (Å²) in [5, 5.41) is 0. The first-order valence-corrected chi connectivity index (χ1v) is 4.19. The van der Waals surface area contributed by atoms with E-state index in [-0.39, 0.29) is 5.91 Å². The first-order valence-electron chi connectivity index (χ1n) is 4.19. The van der Waals surface area contributed by atoms with E-state index in [1.54, 1.807) is 17.9 Å². The van der Waals surface area contributed by atoms with Gasteiger partial charge in [0.25, 0.3) is 0 Å². The standard InChI is InChI=1S/C10H18N2O/c1-6-7-12(8-11(4)5)10(13)9(2)3/h6H,1-2,7-8H2,3-5H3. The zero-order chi connectivity index (χ0) is 10.4. The highest BCUT2D eigenvalue weighted by Gasteiger charge is 2.12. The Morgan fingerprint density at radius 1 is 1.46 bits per heavy atom. The van der Waals surface area contributed by atoms with Gasteiger partial charge in [0.15, 0.2) is 0 Å². The predicted octanol–water partition coefficient (Wildman–Crippen LogP) is 1.10. The number of carbonyl (C=O) groups is 1. The largest absolute Gasteiger partial charge is 0.322 e. The van der Waals surface area contributed by atoms with Gasteiger partial charge in [-0.25, -0.2) is 0 Å². The summed E-state index contributed by atoms with van der Waals surface area (Å²) in [7, 11) is 3.84. The normalized spacial score (nSPS) is 9.85. The van der Waals surface area contributed by atoms with Crippen molar-refractivity contribution in [3.63, 3.8) is 0 Å². The third-order valence-corrected chi connectivity index (χ3v) is 1.46. The van der Waals surface area contributed by atoms with E-state index in [4.69, 9.17) is 0 Å². The van der Waals surface area contributed by atoms with Gasteiger partial charge in [-0.3, -0.25) is 9.69 Å². The van der Waals surface area contributed by atoms with Crippen LogP contribution in [0.2, 0.25) is 0 Å². The summed E-state index contributed by atoms with van der Waals surface area (Å²) in [5.74, 6) is -0.0198. The number of nitrogens with zero attached hydrogens (tertiary/aromatic N) is 2. The van der Waals surface area contributed by atoms with Crippen LogP contribution >= 0.6 is 0 Å². The van der Waals surface area contributed by atoms with Gasteiger partial charge in [-0.2, -0.15) is 0 Å². The van der Waals surface area contributed by atoms with Crippen molar-refractivity contribution in [3.8, 4) is 0 Å². The fraction of sp³-hybridized carbons (Fsp3) is 0.500. The fourth-order valence-corrected chi connectivity index (χ4v) is 0.972. The monoisotopic (exact) mass is 182 g/mol. The van der Waals surface area contributed by atoms with Crippen molar-refractivity contribution in [1.29, 1.82) is 0 Å². The molecule has 3 nitrogen and oxygen atoms in total. The number of hydrogen-bond acceptors (Lipinski definition) is 2. The summed E-state index contributed by atoms with van der Waals surface area (Å²) in [6.07, 6.45) is 1.71. The number of rotatable bonds is 5. The molecule has 1 amide bonds. The fourth-order valence-electron chi connectivity index (χ4n) is 0.972. The first kappa shape index (κ1) is 11.9. The minimum atomic E-state index is -0.0198. The zero-order valence-corrected chi connectivity index (χ0v) is 8.71. The molecule has 0 spiro atoms. The lowest BCUT2D eigenvalue weighted by molar-refractivity contribution is -0.128. The molecule has 0 rings (SSSR count). The summed E-state index contributed by atoms with van der Waals surface area (Å²) in [5.41, 5.74) is 0.559. The maximum absolute atomic E-state index is 11.5. The van der Waals surface area contributed by atoms with Crippen LogP contribution in [0.25, 0.3) is 0 Å². The minimum Gasteiger partial charge on any atom is -0.322 e. The van der Waals surface area contributed by atoms with E-state index in [1.807, 2.05) is 19.0 Å². The van der Waals surface area contributed by atoms with Gasteiger partial charge in [-0.05, 0) is 21.0 Å². The van der Waals surface area contributed by atoms with Crippen LogP contribution in [0.1, 0.15) is 6.92 Å². The molecule has 13 heavy (non-hydrogen) atoms. The SMILES string of the molecule is C=CCN(CN(C)C)C(=O)C(=C)C. The Kier molecular flexibility index (Phi) is 5.07. The summed E-state index contributed by atoms with van der Waals surface area (Å²) < 4.78 is 0. The Morgan fingerprint density at radius 2 is 2.00 bits per heavy atom. The van der Waals surface area contributed by atoms with Crippen molar-refractivity contribution >= 4 is 5.91 Å². The Labute approximate surface area is 80.3 Å². The van der Waals surface area contributed by atoms with Crippen LogP contribution in [0.5, 0.6) is 0 Å². The van der Waals surface area contributed by atoms with Crippen LogP contribution in [0.4, 0.5) is 0 Å². The zero-order valence-electron chi connectivity index (χ0n) is 8.71. The molecule has 0 unspecified atom stereocenters. The second-order valence-corrected chi connectivity index (χ2v) is 3.32. The molecule has 0 radical (unpaired) electrons. The van der Waals surface area contributed by atoms with Crippen molar-refractivity contribution < 1.29 is 4.79 Å². The quantitative estimate of drug-likeness (QED) is 0.361. The Hall–Kier alpha value is -1.09. The van der Waals surface area contributed by atoms with Crippen LogP contribution in [0.3, 0.4) is 0 Å². The number of amides is 1. The maximum atomic E-state index is 11.5. The molecule has 0 fully saturated rings. The first-order chi connectivity index (χ1) is 5.99. The van der Waals surface area contributed by atoms with Crippen LogP contribution in [0.15, 0.2) is 24.8 Å². The van der Waals surface area contributed by atoms with Crippen LogP contribution in [-0.2, 0) is 4.79 Å². The van der Waals surface area contributed by atoms with Gasteiger partial charge in [-0.1, -0.05) is 12.7 Å². The van der Waals surface area contributed by atoms with Crippen LogP contribution in [0, 0.1) is 0 Å². The highest BCUT2D eigenvalue weighted by atomic mass is 16.2. The maximum Gasteiger partial charge on any atom is 0.250 e. The smallest absolute Gasteiger partial charge is 0.250 e. The molecule has 74 valence electrons. The topological polar surface area (TPSA) is 23.6 Å². The lowest BCUT2D eigenvalue weighted by atomic mass is 10.3. The average Bonchev–Trinajstić information content (AvgIpc) is 2.01. The third kappa shape index (κ3) is 4.48. The van der Waals surface area contributed by atoms with Crippen LogP contribution < -0.4 is 0 Å². The van der Waals surface area contributed by atoms with Crippen molar-refractivity contribution in [2.75, 3.05) is 27.3 Å². The van der Waals surface area contributed by atoms with E-state index in [0.29, 0.717) is 18.8 Å². The molecule has 0 heterocycles. The second-order valence-electron chi connectivity index (χ2n) is 3.32. The number of hydrogen-bond donors (Lipinski definition) is 0. The molecule has 0 bridgehead atoms. The Morgan fingerprint density at radius 3 is 2.31 bits per heavy atom. The van der Waals surface area contributed by atoms with Crippen molar-refractivity contribution in [2.45, 2.75) is 6.92 Å². The highest BCUT2D eigenvalue weighted by Crippen LogP contribution is 1.99. The molecule has 0 aliphatic rings. The molecule has 3 heteroatoms. The van der Waals surface area contributed by atoms with E-state index in [2.05, 4.69) is 13.2 Å². The van der Waals surface area contributed by atoms with E-state index in [9.17, 15) is 4.79 Å². The summed E-state index contributed by atoms with van der Waals surface area (Å²) >= 11 is 0. The van der Waals surface area contributed by atoms with Gasteiger partial charge in [-0.15, -0.1) is 6.58 Å². The lowest BCUT2D eigenvalue weighted by Crippen LogP contribution is -2.38. The minimum absolute atomic E-state index is 0.0198. The van der Waals surface area contributed by atoms with Gasteiger partial charge < -0.3 is 4.90 Å². The molecule has 0 saturated heterocycles. The van der Waals surface area contributed by atoms with Gasteiger partial charge in [0, 0.05) is 12.1 Å². The average molecular weight is 182 g/mol. The molecule has 0 aromatic rings. The molecule has 0 N–H and O–H groups in total. The molecule has 0 aromatic carbocycles. The van der Waals surface area contributed by atoms with Crippen LogP contribution in [-0.4, -0.2) is 43.0 Å². The molecule has 0 saturated carbocycles. The van der Waals surface area contributed by atoms with Crippen molar-refractivity contribution in [3.05, 3.63) is 24.8 Å². The third-order valence-electron chi connectivity index (χ3n) is 1.46. The lowest BCUT2D eigenvalue weighted by Gasteiger charge is -2.24. The molecule has 0 aliphatic heterocycles. The molecule has 0 atom stereocenters. The summed E-state index contributed by atoms with van der Waals surface area (Å²) in [6, 6.07) is 0. The van der Waals surface area contributed by atoms with E-state index >= 15 is 0 Å². The molecular weight excluding hydrogens is 164 g/mol. The van der Waals surface area contributed by atoms with Gasteiger partial charge in [0.1, 0.15) is 0 Å².